The Kier molecular flexibility index (Phi) is 2.57. The maximum atomic E-state index is 11.8. The van der Waals surface area contributed by atoms with Crippen molar-refractivity contribution in [1.82, 2.24) is 4.98 Å². The number of hydrogen-bond acceptors (Lipinski definition) is 5. The molecule has 0 aliphatic heterocycles. The molecule has 1 aromatic rings. The summed E-state index contributed by atoms with van der Waals surface area (Å²) in [5, 5.41) is 17.4. The van der Waals surface area contributed by atoms with Crippen molar-refractivity contribution >= 4 is 5.69 Å². The Morgan fingerprint density at radius 1 is 1.53 bits per heavy atom. The Morgan fingerprint density at radius 3 is 2.60 bits per heavy atom. The van der Waals surface area contributed by atoms with Gasteiger partial charge in [-0.25, -0.2) is 0 Å². The summed E-state index contributed by atoms with van der Waals surface area (Å²) >= 11 is 0. The van der Waals surface area contributed by atoms with Gasteiger partial charge in [0.05, 0.1) is 5.69 Å². The summed E-state index contributed by atoms with van der Waals surface area (Å²) in [6.45, 7) is 0. The van der Waals surface area contributed by atoms with Crippen LogP contribution in [0.5, 0.6) is 11.6 Å². The topological polar surface area (TPSA) is 92.2 Å². The molecule has 0 spiro atoms. The maximum Gasteiger partial charge on any atom is 0.574 e. The number of hydrogen-bond donors (Lipinski definition) is 2. The average molecular weight is 219 g/mol. The maximum absolute atomic E-state index is 11.8. The Bertz CT molecular complexity index is 425. The summed E-state index contributed by atoms with van der Waals surface area (Å²) in [5.74, 6) is -1.99. The number of nitrogen functional groups attached to an aromatic ring is 1. The zero-order chi connectivity index (χ0) is 11.6. The van der Waals surface area contributed by atoms with Crippen molar-refractivity contribution in [2.24, 2.45) is 0 Å². The van der Waals surface area contributed by atoms with Crippen LogP contribution in [0.4, 0.5) is 18.9 Å². The van der Waals surface area contributed by atoms with E-state index < -0.39 is 23.7 Å². The van der Waals surface area contributed by atoms with Crippen LogP contribution in [0.15, 0.2) is 6.07 Å². The Morgan fingerprint density at radius 2 is 2.13 bits per heavy atom. The van der Waals surface area contributed by atoms with Crippen LogP contribution in [0.25, 0.3) is 0 Å². The van der Waals surface area contributed by atoms with Gasteiger partial charge in [0.1, 0.15) is 6.07 Å². The number of aromatic nitrogens is 1. The van der Waals surface area contributed by atoms with Crippen LogP contribution in [0.2, 0.25) is 0 Å². The van der Waals surface area contributed by atoms with Gasteiger partial charge in [0.15, 0.2) is 11.4 Å². The van der Waals surface area contributed by atoms with Gasteiger partial charge in [-0.1, -0.05) is 0 Å². The van der Waals surface area contributed by atoms with Gasteiger partial charge in [0.2, 0.25) is 0 Å². The molecule has 0 atom stereocenters. The number of pyridine rings is 1. The molecule has 0 aromatic carbocycles. The van der Waals surface area contributed by atoms with Crippen molar-refractivity contribution in [2.45, 2.75) is 6.36 Å². The zero-order valence-electron chi connectivity index (χ0n) is 7.04. The molecule has 0 fully saturated rings. The molecule has 0 saturated carbocycles. The molecule has 8 heteroatoms. The van der Waals surface area contributed by atoms with E-state index in [1.165, 1.54) is 6.07 Å². The first kappa shape index (κ1) is 10.9. The molecule has 0 amide bonds. The summed E-state index contributed by atoms with van der Waals surface area (Å²) in [6.07, 6.45) is -4.99. The molecule has 3 N–H and O–H groups in total. The Labute approximate surface area is 81.5 Å². The number of halogens is 3. The Balaban J connectivity index is 3.15. The molecule has 0 aliphatic rings. The van der Waals surface area contributed by atoms with Crippen molar-refractivity contribution in [3.63, 3.8) is 0 Å². The highest BCUT2D eigenvalue weighted by molar-refractivity contribution is 5.56. The molecule has 1 heterocycles. The second kappa shape index (κ2) is 3.53. The standard InChI is InChI=1S/C7H4F3N3O2/c8-7(9,10)15-6-5(14)1-3(12)4(2-11)13-6/h1,14H,12H2. The summed E-state index contributed by atoms with van der Waals surface area (Å²) < 4.78 is 38.7. The predicted octanol–water partition coefficient (Wildman–Crippen LogP) is 1.14. The monoisotopic (exact) mass is 219 g/mol. The van der Waals surface area contributed by atoms with E-state index in [2.05, 4.69) is 9.72 Å². The smallest absolute Gasteiger partial charge is 0.503 e. The zero-order valence-corrected chi connectivity index (χ0v) is 7.04. The van der Waals surface area contributed by atoms with E-state index in [-0.39, 0.29) is 5.69 Å². The highest BCUT2D eigenvalue weighted by Gasteiger charge is 2.33. The number of nitrogens with zero attached hydrogens (tertiary/aromatic N) is 2. The third-order valence-corrected chi connectivity index (χ3v) is 1.32. The fourth-order valence-electron chi connectivity index (χ4n) is 0.775. The third kappa shape index (κ3) is 2.63. The van der Waals surface area contributed by atoms with Crippen molar-refractivity contribution in [2.75, 3.05) is 5.73 Å². The molecule has 0 radical (unpaired) electrons. The number of alkyl halides is 3. The molecule has 1 aromatic heterocycles. The van der Waals surface area contributed by atoms with E-state index in [0.717, 1.165) is 6.07 Å². The van der Waals surface area contributed by atoms with E-state index >= 15 is 0 Å². The quantitative estimate of drug-likeness (QED) is 0.738. The summed E-state index contributed by atoms with van der Waals surface area (Å²) in [7, 11) is 0. The van der Waals surface area contributed by atoms with Gasteiger partial charge in [0, 0.05) is 6.07 Å². The highest BCUT2D eigenvalue weighted by Crippen LogP contribution is 2.31. The van der Waals surface area contributed by atoms with Crippen LogP contribution in [-0.2, 0) is 0 Å². The lowest BCUT2D eigenvalue weighted by molar-refractivity contribution is -0.276. The second-order valence-corrected chi connectivity index (χ2v) is 2.41. The van der Waals surface area contributed by atoms with Crippen molar-refractivity contribution in [3.05, 3.63) is 11.8 Å². The lowest BCUT2D eigenvalue weighted by atomic mass is 10.3. The lowest BCUT2D eigenvalue weighted by Crippen LogP contribution is -2.18. The molecule has 15 heavy (non-hydrogen) atoms. The fourth-order valence-corrected chi connectivity index (χ4v) is 0.775. The predicted molar refractivity (Wildman–Crippen MR) is 41.7 cm³/mol. The van der Waals surface area contributed by atoms with E-state index in [9.17, 15) is 13.2 Å². The largest absolute Gasteiger partial charge is 0.574 e. The van der Waals surface area contributed by atoms with Crippen molar-refractivity contribution < 1.29 is 23.0 Å². The van der Waals surface area contributed by atoms with Crippen LogP contribution in [0.3, 0.4) is 0 Å². The minimum Gasteiger partial charge on any atom is -0.503 e. The van der Waals surface area contributed by atoms with Gasteiger partial charge >= 0.3 is 6.36 Å². The van der Waals surface area contributed by atoms with Gasteiger partial charge in [-0.15, -0.1) is 13.2 Å². The molecule has 1 rings (SSSR count). The highest BCUT2D eigenvalue weighted by atomic mass is 19.4. The molecule has 0 aliphatic carbocycles. The molecule has 5 nitrogen and oxygen atoms in total. The lowest BCUT2D eigenvalue weighted by Gasteiger charge is -2.09. The first-order valence-corrected chi connectivity index (χ1v) is 3.49. The molecular formula is C7H4F3N3O2. The van der Waals surface area contributed by atoms with Crippen LogP contribution >= 0.6 is 0 Å². The van der Waals surface area contributed by atoms with Crippen LogP contribution in [0, 0.1) is 11.3 Å². The average Bonchev–Trinajstić information content (AvgIpc) is 2.07. The number of rotatable bonds is 1. The number of anilines is 1. The second-order valence-electron chi connectivity index (χ2n) is 2.41. The summed E-state index contributed by atoms with van der Waals surface area (Å²) in [5.41, 5.74) is 4.50. The van der Waals surface area contributed by atoms with Gasteiger partial charge in [-0.05, 0) is 0 Å². The number of nitrogens with two attached hydrogens (primary N) is 1. The minimum atomic E-state index is -4.99. The molecule has 0 saturated heterocycles. The SMILES string of the molecule is N#Cc1nc(OC(F)(F)F)c(O)cc1N. The van der Waals surface area contributed by atoms with Gasteiger partial charge in [-0.3, -0.25) is 0 Å². The molecule has 80 valence electrons. The van der Waals surface area contributed by atoms with E-state index in [1.54, 1.807) is 0 Å². The molecule has 0 unspecified atom stereocenters. The Hall–Kier alpha value is -2.17. The summed E-state index contributed by atoms with van der Waals surface area (Å²) in [6, 6.07) is 2.21. The normalized spacial score (nSPS) is 10.8. The fraction of sp³-hybridized carbons (Fsp3) is 0.143. The number of aromatic hydroxyl groups is 1. The minimum absolute atomic E-state index is 0.232. The van der Waals surface area contributed by atoms with Gasteiger partial charge in [0.25, 0.3) is 5.88 Å². The first-order chi connectivity index (χ1) is 6.83. The van der Waals surface area contributed by atoms with Crippen LogP contribution < -0.4 is 10.5 Å². The van der Waals surface area contributed by atoms with Gasteiger partial charge in [-0.2, -0.15) is 10.2 Å². The van der Waals surface area contributed by atoms with Crippen LogP contribution in [-0.4, -0.2) is 16.5 Å². The van der Waals surface area contributed by atoms with Crippen molar-refractivity contribution in [3.8, 4) is 17.7 Å². The van der Waals surface area contributed by atoms with E-state index in [4.69, 9.17) is 16.1 Å². The van der Waals surface area contributed by atoms with E-state index in [1.807, 2.05) is 0 Å². The van der Waals surface area contributed by atoms with Gasteiger partial charge < -0.3 is 15.6 Å². The number of ether oxygens (including phenoxy) is 1. The van der Waals surface area contributed by atoms with Crippen LogP contribution in [0.1, 0.15) is 5.69 Å². The molecule has 0 bridgehead atoms. The van der Waals surface area contributed by atoms with E-state index in [0.29, 0.717) is 0 Å². The number of nitriles is 1. The summed E-state index contributed by atoms with van der Waals surface area (Å²) in [4.78, 5) is 3.10. The first-order valence-electron chi connectivity index (χ1n) is 3.49. The third-order valence-electron chi connectivity index (χ3n) is 1.32. The molecular weight excluding hydrogens is 215 g/mol. The van der Waals surface area contributed by atoms with Crippen molar-refractivity contribution in [1.29, 1.82) is 5.26 Å².